The summed E-state index contributed by atoms with van der Waals surface area (Å²) in [5, 5.41) is 0. The van der Waals surface area contributed by atoms with Crippen LogP contribution in [0, 0.1) is 0 Å². The zero-order valence-corrected chi connectivity index (χ0v) is 11.4. The van der Waals surface area contributed by atoms with Crippen LogP contribution >= 0.6 is 0 Å². The first-order valence-corrected chi connectivity index (χ1v) is 6.61. The van der Waals surface area contributed by atoms with E-state index in [1.165, 1.54) is 6.92 Å². The minimum atomic E-state index is -2.68. The highest BCUT2D eigenvalue weighted by Crippen LogP contribution is 2.14. The number of rotatable bonds is 10. The molecule has 0 rings (SSSR count). The van der Waals surface area contributed by atoms with Gasteiger partial charge in [0.15, 0.2) is 0 Å². The van der Waals surface area contributed by atoms with E-state index in [9.17, 15) is 13.6 Å². The fraction of sp³-hybridized carbons (Fsp3) is 0.786. The maximum Gasteiger partial charge on any atom is 0.302 e. The SMILES string of the molecule is CC(=O)OCCCCCCCC/C=C\C(C)(F)F. The molecule has 0 fully saturated rings. The minimum absolute atomic E-state index is 0.227. The first-order chi connectivity index (χ1) is 8.42. The van der Waals surface area contributed by atoms with Gasteiger partial charge in [-0.1, -0.05) is 31.8 Å². The smallest absolute Gasteiger partial charge is 0.302 e. The number of hydrogen-bond donors (Lipinski definition) is 0. The molecule has 0 bridgehead atoms. The summed E-state index contributed by atoms with van der Waals surface area (Å²) in [6.07, 6.45) is 9.43. The van der Waals surface area contributed by atoms with Gasteiger partial charge >= 0.3 is 5.97 Å². The topological polar surface area (TPSA) is 26.3 Å². The molecule has 0 unspecified atom stereocenters. The Bertz CT molecular complexity index is 245. The second-order valence-electron chi connectivity index (χ2n) is 4.61. The van der Waals surface area contributed by atoms with Crippen LogP contribution in [0.1, 0.15) is 58.8 Å². The van der Waals surface area contributed by atoms with E-state index in [-0.39, 0.29) is 5.97 Å². The second-order valence-corrected chi connectivity index (χ2v) is 4.61. The van der Waals surface area contributed by atoms with Gasteiger partial charge in [-0.15, -0.1) is 0 Å². The predicted molar refractivity (Wildman–Crippen MR) is 68.7 cm³/mol. The van der Waals surface area contributed by atoms with E-state index in [0.717, 1.165) is 57.9 Å². The van der Waals surface area contributed by atoms with Crippen molar-refractivity contribution in [3.05, 3.63) is 12.2 Å². The van der Waals surface area contributed by atoms with Crippen LogP contribution in [0.4, 0.5) is 8.78 Å². The zero-order valence-electron chi connectivity index (χ0n) is 11.4. The van der Waals surface area contributed by atoms with Gasteiger partial charge in [0.05, 0.1) is 6.61 Å². The molecule has 0 radical (unpaired) electrons. The molecule has 0 aliphatic heterocycles. The summed E-state index contributed by atoms with van der Waals surface area (Å²) in [6, 6.07) is 0. The van der Waals surface area contributed by atoms with E-state index in [0.29, 0.717) is 6.61 Å². The van der Waals surface area contributed by atoms with Crippen LogP contribution in [0.2, 0.25) is 0 Å². The first-order valence-electron chi connectivity index (χ1n) is 6.61. The quantitative estimate of drug-likeness (QED) is 0.329. The fourth-order valence-corrected chi connectivity index (χ4v) is 1.58. The zero-order chi connectivity index (χ0) is 13.9. The molecule has 0 aromatic carbocycles. The van der Waals surface area contributed by atoms with Crippen molar-refractivity contribution in [2.24, 2.45) is 0 Å². The average molecular weight is 262 g/mol. The fourth-order valence-electron chi connectivity index (χ4n) is 1.58. The number of carbonyl (C=O) groups is 1. The van der Waals surface area contributed by atoms with Crippen LogP contribution in [-0.4, -0.2) is 18.5 Å². The highest BCUT2D eigenvalue weighted by Gasteiger charge is 2.14. The van der Waals surface area contributed by atoms with Gasteiger partial charge in [0.1, 0.15) is 0 Å². The van der Waals surface area contributed by atoms with Crippen LogP contribution in [0.25, 0.3) is 0 Å². The van der Waals surface area contributed by atoms with Crippen molar-refractivity contribution in [1.29, 1.82) is 0 Å². The van der Waals surface area contributed by atoms with E-state index >= 15 is 0 Å². The predicted octanol–water partition coefficient (Wildman–Crippen LogP) is 4.49. The standard InChI is InChI=1S/C14H24F2O2/c1-13(17)18-12-10-8-6-4-3-5-7-9-11-14(2,15)16/h9,11H,3-8,10,12H2,1-2H3/b11-9-. The molecule has 4 heteroatoms. The lowest BCUT2D eigenvalue weighted by Crippen LogP contribution is -2.02. The molecule has 0 N–H and O–H groups in total. The van der Waals surface area contributed by atoms with Crippen molar-refractivity contribution in [1.82, 2.24) is 0 Å². The van der Waals surface area contributed by atoms with Gasteiger partial charge < -0.3 is 4.74 Å². The molecule has 0 aliphatic carbocycles. The number of hydrogen-bond acceptors (Lipinski definition) is 2. The Kier molecular flexibility index (Phi) is 9.52. The van der Waals surface area contributed by atoms with E-state index in [1.54, 1.807) is 6.08 Å². The van der Waals surface area contributed by atoms with Gasteiger partial charge in [-0.05, 0) is 25.3 Å². The van der Waals surface area contributed by atoms with Gasteiger partial charge in [-0.25, -0.2) is 8.78 Å². The summed E-state index contributed by atoms with van der Waals surface area (Å²) >= 11 is 0. The average Bonchev–Trinajstić information content (AvgIpc) is 2.24. The lowest BCUT2D eigenvalue weighted by molar-refractivity contribution is -0.141. The van der Waals surface area contributed by atoms with Crippen LogP contribution < -0.4 is 0 Å². The summed E-state index contributed by atoms with van der Waals surface area (Å²) in [7, 11) is 0. The molecule has 18 heavy (non-hydrogen) atoms. The maximum absolute atomic E-state index is 12.4. The van der Waals surface area contributed by atoms with Gasteiger partial charge in [0, 0.05) is 13.8 Å². The highest BCUT2D eigenvalue weighted by molar-refractivity contribution is 5.65. The Morgan fingerprint density at radius 1 is 1.11 bits per heavy atom. The Balaban J connectivity index is 3.17. The molecule has 106 valence electrons. The summed E-state index contributed by atoms with van der Waals surface area (Å²) in [5.41, 5.74) is 0. The summed E-state index contributed by atoms with van der Waals surface area (Å²) in [5.74, 6) is -2.91. The monoisotopic (exact) mass is 262 g/mol. The van der Waals surface area contributed by atoms with Crippen LogP contribution in [0.3, 0.4) is 0 Å². The van der Waals surface area contributed by atoms with Gasteiger partial charge in [0.25, 0.3) is 5.92 Å². The van der Waals surface area contributed by atoms with Crippen molar-refractivity contribution in [3.63, 3.8) is 0 Å². The van der Waals surface area contributed by atoms with Gasteiger partial charge in [-0.2, -0.15) is 0 Å². The van der Waals surface area contributed by atoms with Crippen molar-refractivity contribution >= 4 is 5.97 Å². The first kappa shape index (κ1) is 17.1. The lowest BCUT2D eigenvalue weighted by atomic mass is 10.1. The van der Waals surface area contributed by atoms with Gasteiger partial charge in [0.2, 0.25) is 0 Å². The number of allylic oxidation sites excluding steroid dienone is 2. The number of carbonyl (C=O) groups excluding carboxylic acids is 1. The number of halogens is 2. The van der Waals surface area contributed by atoms with Crippen molar-refractivity contribution < 1.29 is 18.3 Å². The molecule has 0 saturated heterocycles. The van der Waals surface area contributed by atoms with Gasteiger partial charge in [-0.3, -0.25) is 4.79 Å². The summed E-state index contributed by atoms with van der Waals surface area (Å²) in [6.45, 7) is 2.81. The Labute approximate surface area is 108 Å². The Morgan fingerprint density at radius 2 is 1.67 bits per heavy atom. The van der Waals surface area contributed by atoms with Crippen LogP contribution in [0.5, 0.6) is 0 Å². The van der Waals surface area contributed by atoms with Crippen LogP contribution in [-0.2, 0) is 9.53 Å². The molecular formula is C14H24F2O2. The number of unbranched alkanes of at least 4 members (excludes halogenated alkanes) is 6. The van der Waals surface area contributed by atoms with E-state index in [4.69, 9.17) is 4.74 Å². The van der Waals surface area contributed by atoms with E-state index < -0.39 is 5.92 Å². The largest absolute Gasteiger partial charge is 0.466 e. The molecule has 2 nitrogen and oxygen atoms in total. The van der Waals surface area contributed by atoms with Crippen molar-refractivity contribution in [2.75, 3.05) is 6.61 Å². The molecule has 0 aromatic heterocycles. The second kappa shape index (κ2) is 10.0. The molecule has 0 amide bonds. The minimum Gasteiger partial charge on any atom is -0.466 e. The lowest BCUT2D eigenvalue weighted by Gasteiger charge is -2.03. The number of esters is 1. The Morgan fingerprint density at radius 3 is 2.22 bits per heavy atom. The summed E-state index contributed by atoms with van der Waals surface area (Å²) in [4.78, 5) is 10.5. The third kappa shape index (κ3) is 15.1. The van der Waals surface area contributed by atoms with Crippen LogP contribution in [0.15, 0.2) is 12.2 Å². The third-order valence-corrected chi connectivity index (χ3v) is 2.48. The van der Waals surface area contributed by atoms with E-state index in [2.05, 4.69) is 0 Å². The molecule has 0 aromatic rings. The Hall–Kier alpha value is -0.930. The molecule has 0 aliphatic rings. The van der Waals surface area contributed by atoms with Crippen molar-refractivity contribution in [3.8, 4) is 0 Å². The highest BCUT2D eigenvalue weighted by atomic mass is 19.3. The number of alkyl halides is 2. The summed E-state index contributed by atoms with van der Waals surface area (Å²) < 4.78 is 29.6. The van der Waals surface area contributed by atoms with Crippen molar-refractivity contribution in [2.45, 2.75) is 64.7 Å². The molecule has 0 atom stereocenters. The molecule has 0 heterocycles. The number of ether oxygens (including phenoxy) is 1. The third-order valence-electron chi connectivity index (χ3n) is 2.48. The van der Waals surface area contributed by atoms with E-state index in [1.807, 2.05) is 0 Å². The molecular weight excluding hydrogens is 238 g/mol. The normalized spacial score (nSPS) is 12.0. The maximum atomic E-state index is 12.4. The molecule has 0 saturated carbocycles. The molecule has 0 spiro atoms.